The van der Waals surface area contributed by atoms with Crippen molar-refractivity contribution in [1.29, 1.82) is 0 Å². The Morgan fingerprint density at radius 3 is 2.52 bits per heavy atom. The lowest BCUT2D eigenvalue weighted by molar-refractivity contribution is 0.0954. The molecule has 7 heteroatoms. The van der Waals surface area contributed by atoms with Crippen LogP contribution < -0.4 is 10.0 Å². The molecular weight excluding hydrogens is 360 g/mol. The highest BCUT2D eigenvalue weighted by atomic mass is 35.5. The van der Waals surface area contributed by atoms with Crippen molar-refractivity contribution in [1.82, 2.24) is 10.0 Å². The average molecular weight is 377 g/mol. The summed E-state index contributed by atoms with van der Waals surface area (Å²) in [5.74, 6) is 1.93. The summed E-state index contributed by atoms with van der Waals surface area (Å²) >= 11 is 5.91. The summed E-state index contributed by atoms with van der Waals surface area (Å²) in [6.45, 7) is 0.358. The Morgan fingerprint density at radius 2 is 1.88 bits per heavy atom. The van der Waals surface area contributed by atoms with Gasteiger partial charge >= 0.3 is 0 Å². The number of hydrogen-bond donors (Lipinski definition) is 2. The van der Waals surface area contributed by atoms with Crippen molar-refractivity contribution in [2.45, 2.75) is 11.3 Å². The minimum Gasteiger partial charge on any atom is -0.352 e. The molecule has 5 nitrogen and oxygen atoms in total. The van der Waals surface area contributed by atoms with E-state index in [2.05, 4.69) is 16.0 Å². The minimum atomic E-state index is -3.66. The van der Waals surface area contributed by atoms with E-state index >= 15 is 0 Å². The topological polar surface area (TPSA) is 75.3 Å². The van der Waals surface area contributed by atoms with E-state index in [1.807, 2.05) is 18.2 Å². The highest BCUT2D eigenvalue weighted by molar-refractivity contribution is 7.89. The molecule has 0 heterocycles. The molecule has 0 aliphatic heterocycles. The molecule has 0 radical (unpaired) electrons. The highest BCUT2D eigenvalue weighted by Gasteiger charge is 2.13. The maximum Gasteiger partial charge on any atom is 0.251 e. The number of nitrogens with one attached hydrogen (secondary N) is 2. The molecule has 0 saturated carbocycles. The zero-order valence-corrected chi connectivity index (χ0v) is 14.9. The molecule has 2 N–H and O–H groups in total. The number of terminal acetylenes is 1. The Bertz CT molecular complexity index is 887. The number of hydrogen-bond acceptors (Lipinski definition) is 3. The van der Waals surface area contributed by atoms with Gasteiger partial charge in [0.25, 0.3) is 5.91 Å². The van der Waals surface area contributed by atoms with Crippen LogP contribution in [0.15, 0.2) is 53.4 Å². The van der Waals surface area contributed by atoms with E-state index in [9.17, 15) is 13.2 Å². The first-order valence-corrected chi connectivity index (χ1v) is 9.34. The molecule has 0 bridgehead atoms. The van der Waals surface area contributed by atoms with Crippen molar-refractivity contribution in [2.24, 2.45) is 0 Å². The third kappa shape index (κ3) is 5.61. The van der Waals surface area contributed by atoms with Crippen LogP contribution in [0.2, 0.25) is 5.02 Å². The van der Waals surface area contributed by atoms with Crippen molar-refractivity contribution in [3.8, 4) is 12.3 Å². The van der Waals surface area contributed by atoms with E-state index in [4.69, 9.17) is 18.0 Å². The van der Waals surface area contributed by atoms with E-state index in [0.717, 1.165) is 5.56 Å². The fourth-order valence-corrected chi connectivity index (χ4v) is 3.27. The smallest absolute Gasteiger partial charge is 0.251 e. The Kier molecular flexibility index (Phi) is 6.59. The number of benzene rings is 2. The first-order valence-electron chi connectivity index (χ1n) is 7.48. The van der Waals surface area contributed by atoms with Gasteiger partial charge in [0.15, 0.2) is 0 Å². The number of sulfonamides is 1. The standard InChI is InChI=1S/C18H17ClN2O3S/c1-2-11-21-25(23,24)17-8-6-15(7-9-17)18(22)20-12-10-14-4-3-5-16(19)13-14/h1,3-9,13,21H,10-12H2,(H,20,22). The maximum atomic E-state index is 12.1. The van der Waals surface area contributed by atoms with Crippen molar-refractivity contribution >= 4 is 27.5 Å². The molecule has 2 aromatic carbocycles. The molecule has 2 aromatic rings. The zero-order chi connectivity index (χ0) is 18.3. The molecule has 0 spiro atoms. The van der Waals surface area contributed by atoms with Crippen LogP contribution in [-0.2, 0) is 16.4 Å². The lowest BCUT2D eigenvalue weighted by Gasteiger charge is -2.07. The van der Waals surface area contributed by atoms with Crippen LogP contribution in [0, 0.1) is 12.3 Å². The molecule has 0 aromatic heterocycles. The third-order valence-electron chi connectivity index (χ3n) is 3.38. The summed E-state index contributed by atoms with van der Waals surface area (Å²) in [6, 6.07) is 13.1. The first-order chi connectivity index (χ1) is 11.9. The highest BCUT2D eigenvalue weighted by Crippen LogP contribution is 2.12. The van der Waals surface area contributed by atoms with E-state index in [-0.39, 0.29) is 17.3 Å². The van der Waals surface area contributed by atoms with Crippen molar-refractivity contribution in [3.63, 3.8) is 0 Å². The Balaban J connectivity index is 1.93. The molecule has 2 rings (SSSR count). The molecular formula is C18H17ClN2O3S. The van der Waals surface area contributed by atoms with Crippen LogP contribution in [0.1, 0.15) is 15.9 Å². The summed E-state index contributed by atoms with van der Waals surface area (Å²) in [5, 5.41) is 3.44. The molecule has 0 aliphatic carbocycles. The van der Waals surface area contributed by atoms with Gasteiger partial charge in [-0.05, 0) is 48.4 Å². The molecule has 0 saturated heterocycles. The van der Waals surface area contributed by atoms with Crippen LogP contribution >= 0.6 is 11.6 Å². The number of amides is 1. The van der Waals surface area contributed by atoms with Crippen LogP contribution in [0.3, 0.4) is 0 Å². The minimum absolute atomic E-state index is 0.0539. The second kappa shape index (κ2) is 8.67. The summed E-state index contributed by atoms with van der Waals surface area (Å²) < 4.78 is 26.1. The normalized spacial score (nSPS) is 10.9. The molecule has 0 unspecified atom stereocenters. The van der Waals surface area contributed by atoms with Gasteiger partial charge in [0.2, 0.25) is 10.0 Å². The van der Waals surface area contributed by atoms with E-state index < -0.39 is 10.0 Å². The van der Waals surface area contributed by atoms with Crippen molar-refractivity contribution < 1.29 is 13.2 Å². The third-order valence-corrected chi connectivity index (χ3v) is 5.03. The van der Waals surface area contributed by atoms with Crippen molar-refractivity contribution in [3.05, 3.63) is 64.7 Å². The monoisotopic (exact) mass is 376 g/mol. The van der Waals surface area contributed by atoms with E-state index in [0.29, 0.717) is 23.6 Å². The fourth-order valence-electron chi connectivity index (χ4n) is 2.12. The number of carbonyl (C=O) groups excluding carboxylic acids is 1. The van der Waals surface area contributed by atoms with Crippen LogP contribution in [0.5, 0.6) is 0 Å². The average Bonchev–Trinajstić information content (AvgIpc) is 2.60. The SMILES string of the molecule is C#CCNS(=O)(=O)c1ccc(C(=O)NCCc2cccc(Cl)c2)cc1. The second-order valence-corrected chi connectivity index (χ2v) is 7.39. The van der Waals surface area contributed by atoms with Crippen LogP contribution in [0.25, 0.3) is 0 Å². The molecule has 0 fully saturated rings. The Hall–Kier alpha value is -2.33. The second-order valence-electron chi connectivity index (χ2n) is 5.19. The van der Waals surface area contributed by atoms with Gasteiger partial charge in [0.05, 0.1) is 11.4 Å². The lowest BCUT2D eigenvalue weighted by Crippen LogP contribution is -2.26. The van der Waals surface area contributed by atoms with Gasteiger partial charge in [-0.3, -0.25) is 4.79 Å². The lowest BCUT2D eigenvalue weighted by atomic mass is 10.1. The van der Waals surface area contributed by atoms with Gasteiger partial charge in [0, 0.05) is 17.1 Å². The molecule has 1 amide bonds. The quantitative estimate of drug-likeness (QED) is 0.727. The van der Waals surface area contributed by atoms with Gasteiger partial charge in [-0.15, -0.1) is 6.42 Å². The molecule has 0 atom stereocenters. The van der Waals surface area contributed by atoms with Crippen LogP contribution in [0.4, 0.5) is 0 Å². The predicted molar refractivity (Wildman–Crippen MR) is 98.0 cm³/mol. The van der Waals surface area contributed by atoms with Crippen molar-refractivity contribution in [2.75, 3.05) is 13.1 Å². The first kappa shape index (κ1) is 19.0. The largest absolute Gasteiger partial charge is 0.352 e. The zero-order valence-electron chi connectivity index (χ0n) is 13.3. The maximum absolute atomic E-state index is 12.1. The van der Waals surface area contributed by atoms with Gasteiger partial charge < -0.3 is 5.32 Å². The molecule has 0 aliphatic rings. The summed E-state index contributed by atoms with van der Waals surface area (Å²) in [4.78, 5) is 12.2. The Morgan fingerprint density at radius 1 is 1.16 bits per heavy atom. The van der Waals surface area contributed by atoms with Gasteiger partial charge in [-0.1, -0.05) is 29.7 Å². The summed E-state index contributed by atoms with van der Waals surface area (Å²) in [7, 11) is -3.66. The number of carbonyl (C=O) groups is 1. The Labute approximate surface area is 152 Å². The van der Waals surface area contributed by atoms with Gasteiger partial charge in [-0.25, -0.2) is 8.42 Å². The predicted octanol–water partition coefficient (Wildman–Crippen LogP) is 2.22. The number of halogens is 1. The van der Waals surface area contributed by atoms with E-state index in [1.54, 1.807) is 6.07 Å². The molecule has 130 valence electrons. The van der Waals surface area contributed by atoms with Crippen LogP contribution in [-0.4, -0.2) is 27.4 Å². The number of rotatable bonds is 7. The van der Waals surface area contributed by atoms with E-state index in [1.165, 1.54) is 24.3 Å². The van der Waals surface area contributed by atoms with Gasteiger partial charge in [-0.2, -0.15) is 4.72 Å². The molecule has 25 heavy (non-hydrogen) atoms. The summed E-state index contributed by atoms with van der Waals surface area (Å²) in [5.41, 5.74) is 1.40. The van der Waals surface area contributed by atoms with Gasteiger partial charge in [0.1, 0.15) is 0 Å². The fraction of sp³-hybridized carbons (Fsp3) is 0.167. The summed E-state index contributed by atoms with van der Waals surface area (Å²) in [6.07, 6.45) is 5.68.